The number of hydrogen-bond donors (Lipinski definition) is 2. The van der Waals surface area contributed by atoms with E-state index in [1.807, 2.05) is 25.1 Å². The molecule has 0 spiro atoms. The van der Waals surface area contributed by atoms with E-state index in [1.165, 1.54) is 11.8 Å². The first-order valence-electron chi connectivity index (χ1n) is 10.4. The minimum absolute atomic E-state index is 0.174. The van der Waals surface area contributed by atoms with Crippen LogP contribution in [0.25, 0.3) is 0 Å². The number of amides is 2. The molecule has 162 valence electrons. The van der Waals surface area contributed by atoms with Gasteiger partial charge in [-0.3, -0.25) is 4.90 Å². The van der Waals surface area contributed by atoms with Crippen molar-refractivity contribution in [3.8, 4) is 0 Å². The van der Waals surface area contributed by atoms with E-state index >= 15 is 0 Å². The molecule has 1 aromatic heterocycles. The van der Waals surface area contributed by atoms with E-state index in [4.69, 9.17) is 4.74 Å². The van der Waals surface area contributed by atoms with E-state index in [2.05, 4.69) is 39.3 Å². The SMILES string of the molecule is Cc1cc(Sc2ncccn2)ccc1NC(=O)NCC(CC(C)C)N1CCOCC1. The molecule has 2 aromatic rings. The molecule has 1 aromatic carbocycles. The number of nitrogens with zero attached hydrogens (tertiary/aromatic N) is 3. The molecule has 7 nitrogen and oxygen atoms in total. The Morgan fingerprint density at radius 3 is 2.63 bits per heavy atom. The lowest BCUT2D eigenvalue weighted by Gasteiger charge is -2.35. The van der Waals surface area contributed by atoms with E-state index in [-0.39, 0.29) is 6.03 Å². The fourth-order valence-corrected chi connectivity index (χ4v) is 4.32. The molecule has 30 heavy (non-hydrogen) atoms. The molecule has 1 saturated heterocycles. The number of anilines is 1. The molecule has 1 aliphatic heterocycles. The zero-order valence-electron chi connectivity index (χ0n) is 17.9. The minimum atomic E-state index is -0.174. The average molecular weight is 430 g/mol. The fraction of sp³-hybridized carbons (Fsp3) is 0.500. The van der Waals surface area contributed by atoms with Gasteiger partial charge in [-0.1, -0.05) is 13.8 Å². The smallest absolute Gasteiger partial charge is 0.319 e. The first kappa shape index (κ1) is 22.5. The monoisotopic (exact) mass is 429 g/mol. The standard InChI is InChI=1S/C22H31N5O2S/c1-16(2)13-18(27-9-11-29-12-10-27)15-25-21(28)26-20-6-5-19(14-17(20)3)30-22-23-7-4-8-24-22/h4-8,14,16,18H,9-13,15H2,1-3H3,(H2,25,26,28). The summed E-state index contributed by atoms with van der Waals surface area (Å²) in [6, 6.07) is 7.88. The highest BCUT2D eigenvalue weighted by molar-refractivity contribution is 7.99. The van der Waals surface area contributed by atoms with Crippen LogP contribution in [0.5, 0.6) is 0 Å². The van der Waals surface area contributed by atoms with Crippen LogP contribution in [0.3, 0.4) is 0 Å². The maximum Gasteiger partial charge on any atom is 0.319 e. The van der Waals surface area contributed by atoms with E-state index in [0.29, 0.717) is 23.7 Å². The van der Waals surface area contributed by atoms with Crippen molar-refractivity contribution in [2.75, 3.05) is 38.2 Å². The normalized spacial score (nSPS) is 15.7. The van der Waals surface area contributed by atoms with E-state index in [1.54, 1.807) is 18.5 Å². The third kappa shape index (κ3) is 6.97. The summed E-state index contributed by atoms with van der Waals surface area (Å²) in [6.45, 7) is 10.4. The number of ether oxygens (including phenoxy) is 1. The second-order valence-electron chi connectivity index (χ2n) is 7.88. The van der Waals surface area contributed by atoms with E-state index in [9.17, 15) is 4.79 Å². The third-order valence-electron chi connectivity index (χ3n) is 5.00. The molecule has 1 fully saturated rings. The predicted octanol–water partition coefficient (Wildman–Crippen LogP) is 3.80. The van der Waals surface area contributed by atoms with Crippen molar-refractivity contribution in [1.82, 2.24) is 20.2 Å². The topological polar surface area (TPSA) is 79.4 Å². The number of nitrogens with one attached hydrogen (secondary N) is 2. The second kappa shape index (κ2) is 11.3. The highest BCUT2D eigenvalue weighted by atomic mass is 32.2. The van der Waals surface area contributed by atoms with Crippen molar-refractivity contribution < 1.29 is 9.53 Å². The van der Waals surface area contributed by atoms with Crippen molar-refractivity contribution in [3.05, 3.63) is 42.2 Å². The van der Waals surface area contributed by atoms with E-state index < -0.39 is 0 Å². The number of rotatable bonds is 8. The number of morpholine rings is 1. The van der Waals surface area contributed by atoms with Gasteiger partial charge in [-0.05, 0) is 60.9 Å². The van der Waals surface area contributed by atoms with Crippen molar-refractivity contribution >= 4 is 23.5 Å². The molecular formula is C22H31N5O2S. The van der Waals surface area contributed by atoms with Gasteiger partial charge in [0.25, 0.3) is 0 Å². The highest BCUT2D eigenvalue weighted by Crippen LogP contribution is 2.27. The predicted molar refractivity (Wildman–Crippen MR) is 120 cm³/mol. The van der Waals surface area contributed by atoms with Gasteiger partial charge >= 0.3 is 6.03 Å². The van der Waals surface area contributed by atoms with Gasteiger partial charge in [-0.25, -0.2) is 14.8 Å². The van der Waals surface area contributed by atoms with Crippen molar-refractivity contribution in [1.29, 1.82) is 0 Å². The fourth-order valence-electron chi connectivity index (χ4n) is 3.51. The summed E-state index contributed by atoms with van der Waals surface area (Å²) in [4.78, 5) is 24.5. The molecular weight excluding hydrogens is 398 g/mol. The first-order chi connectivity index (χ1) is 14.5. The van der Waals surface area contributed by atoms with Crippen LogP contribution in [0.4, 0.5) is 10.5 Å². The van der Waals surface area contributed by atoms with Crippen molar-refractivity contribution in [2.24, 2.45) is 5.92 Å². The van der Waals surface area contributed by atoms with E-state index in [0.717, 1.165) is 48.9 Å². The van der Waals surface area contributed by atoms with Crippen LogP contribution in [0.15, 0.2) is 46.7 Å². The molecule has 8 heteroatoms. The lowest BCUT2D eigenvalue weighted by Crippen LogP contribution is -2.49. The third-order valence-corrected chi connectivity index (χ3v) is 5.88. The number of carbonyl (C=O) groups is 1. The summed E-state index contributed by atoms with van der Waals surface area (Å²) in [6.07, 6.45) is 4.50. The Balaban J connectivity index is 1.54. The molecule has 0 bridgehead atoms. The quantitative estimate of drug-likeness (QED) is 0.622. The first-order valence-corrected chi connectivity index (χ1v) is 11.2. The van der Waals surface area contributed by atoms with Crippen molar-refractivity contribution in [3.63, 3.8) is 0 Å². The zero-order chi connectivity index (χ0) is 21.3. The number of carbonyl (C=O) groups excluding carboxylic acids is 1. The Kier molecular flexibility index (Phi) is 8.48. The number of benzene rings is 1. The second-order valence-corrected chi connectivity index (χ2v) is 8.92. The molecule has 0 saturated carbocycles. The van der Waals surface area contributed by atoms with Gasteiger partial charge in [0.2, 0.25) is 0 Å². The summed E-state index contributed by atoms with van der Waals surface area (Å²) in [5.74, 6) is 0.573. The molecule has 2 heterocycles. The summed E-state index contributed by atoms with van der Waals surface area (Å²) in [7, 11) is 0. The van der Waals surface area contributed by atoms with Gasteiger partial charge in [0, 0.05) is 48.7 Å². The minimum Gasteiger partial charge on any atom is -0.379 e. The van der Waals surface area contributed by atoms with Crippen LogP contribution in [-0.4, -0.2) is 59.8 Å². The molecule has 1 aliphatic rings. The van der Waals surface area contributed by atoms with Crippen LogP contribution in [-0.2, 0) is 4.74 Å². The molecule has 1 atom stereocenters. The van der Waals surface area contributed by atoms with Crippen LogP contribution in [0.2, 0.25) is 0 Å². The lowest BCUT2D eigenvalue weighted by molar-refractivity contribution is 0.0130. The molecule has 3 rings (SSSR count). The van der Waals surface area contributed by atoms with Gasteiger partial charge in [0.15, 0.2) is 5.16 Å². The van der Waals surface area contributed by atoms with Gasteiger partial charge < -0.3 is 15.4 Å². The Bertz CT molecular complexity index is 812. The van der Waals surface area contributed by atoms with Gasteiger partial charge in [0.1, 0.15) is 0 Å². The number of aromatic nitrogens is 2. The number of aryl methyl sites for hydroxylation is 1. The molecule has 0 aliphatic carbocycles. The van der Waals surface area contributed by atoms with Crippen LogP contribution in [0.1, 0.15) is 25.8 Å². The van der Waals surface area contributed by atoms with Crippen LogP contribution >= 0.6 is 11.8 Å². The highest BCUT2D eigenvalue weighted by Gasteiger charge is 2.22. The maximum absolute atomic E-state index is 12.5. The summed E-state index contributed by atoms with van der Waals surface area (Å²) >= 11 is 1.50. The molecule has 0 radical (unpaired) electrons. The van der Waals surface area contributed by atoms with Gasteiger partial charge in [0.05, 0.1) is 13.2 Å². The van der Waals surface area contributed by atoms with Crippen LogP contribution < -0.4 is 10.6 Å². The number of urea groups is 1. The molecule has 2 amide bonds. The van der Waals surface area contributed by atoms with Gasteiger partial charge in [-0.15, -0.1) is 0 Å². The average Bonchev–Trinajstić information content (AvgIpc) is 2.74. The molecule has 2 N–H and O–H groups in total. The maximum atomic E-state index is 12.5. The Morgan fingerprint density at radius 1 is 1.23 bits per heavy atom. The largest absolute Gasteiger partial charge is 0.379 e. The zero-order valence-corrected chi connectivity index (χ0v) is 18.7. The summed E-state index contributed by atoms with van der Waals surface area (Å²) in [5, 5.41) is 6.74. The molecule has 1 unspecified atom stereocenters. The number of hydrogen-bond acceptors (Lipinski definition) is 6. The van der Waals surface area contributed by atoms with Gasteiger partial charge in [-0.2, -0.15) is 0 Å². The summed E-state index contributed by atoms with van der Waals surface area (Å²) in [5.41, 5.74) is 1.80. The lowest BCUT2D eigenvalue weighted by atomic mass is 10.0. The van der Waals surface area contributed by atoms with Crippen LogP contribution in [0, 0.1) is 12.8 Å². The Hall–Kier alpha value is -2.16. The Labute approximate surface area is 183 Å². The summed E-state index contributed by atoms with van der Waals surface area (Å²) < 4.78 is 5.47. The van der Waals surface area contributed by atoms with Crippen molar-refractivity contribution in [2.45, 2.75) is 43.3 Å². The Morgan fingerprint density at radius 2 is 1.97 bits per heavy atom.